The molecule has 0 aliphatic rings. The summed E-state index contributed by atoms with van der Waals surface area (Å²) in [4.78, 5) is 0. The molecule has 1 aromatic rings. The lowest BCUT2D eigenvalue weighted by molar-refractivity contribution is 0.282. The molecule has 9 heavy (non-hydrogen) atoms. The van der Waals surface area contributed by atoms with E-state index in [1.54, 1.807) is 11.3 Å². The van der Waals surface area contributed by atoms with E-state index in [1.165, 1.54) is 0 Å². The second-order valence-corrected chi connectivity index (χ2v) is 2.07. The molecule has 1 heterocycles. The summed E-state index contributed by atoms with van der Waals surface area (Å²) in [5.74, 6) is 0. The van der Waals surface area contributed by atoms with Crippen LogP contribution in [0.3, 0.4) is 0 Å². The molecule has 0 radical (unpaired) electrons. The van der Waals surface area contributed by atoms with Crippen LogP contribution >= 0.6 is 11.3 Å². The van der Waals surface area contributed by atoms with Crippen LogP contribution in [0.2, 0.25) is 0 Å². The first-order chi connectivity index (χ1) is 4.43. The van der Waals surface area contributed by atoms with Crippen molar-refractivity contribution in [1.82, 2.24) is 0 Å². The van der Waals surface area contributed by atoms with Crippen LogP contribution in [0.15, 0.2) is 30.0 Å². The summed E-state index contributed by atoms with van der Waals surface area (Å²) >= 11 is 1.60. The van der Waals surface area contributed by atoms with E-state index in [-0.39, 0.29) is 6.61 Å². The lowest BCUT2D eigenvalue weighted by atomic mass is 10.4. The van der Waals surface area contributed by atoms with Crippen LogP contribution in [-0.2, 0) is 6.61 Å². The third-order valence-electron chi connectivity index (χ3n) is 0.763. The van der Waals surface area contributed by atoms with Gasteiger partial charge in [0.1, 0.15) is 0 Å². The molecule has 1 rings (SSSR count). The smallest absolute Gasteiger partial charge is 0.0689 e. The Hall–Kier alpha value is -0.600. The summed E-state index contributed by atoms with van der Waals surface area (Å²) in [7, 11) is 0. The monoisotopic (exact) mass is 142 g/mol. The highest BCUT2D eigenvalue weighted by Gasteiger charge is 1.83. The van der Waals surface area contributed by atoms with Gasteiger partial charge in [-0.3, -0.25) is 0 Å². The topological polar surface area (TPSA) is 20.2 Å². The van der Waals surface area contributed by atoms with Crippen molar-refractivity contribution in [1.29, 1.82) is 0 Å². The highest BCUT2D eigenvalue weighted by Crippen LogP contribution is 2.03. The molecule has 2 heteroatoms. The first kappa shape index (κ1) is 8.40. The maximum Gasteiger partial charge on any atom is 0.0689 e. The molecular weight excluding hydrogens is 132 g/mol. The van der Waals surface area contributed by atoms with E-state index < -0.39 is 0 Å². The van der Waals surface area contributed by atoms with Crippen LogP contribution in [-0.4, -0.2) is 5.11 Å². The van der Waals surface area contributed by atoms with Crippen LogP contribution in [0.25, 0.3) is 0 Å². The largest absolute Gasteiger partial charge is 0.392 e. The van der Waals surface area contributed by atoms with Crippen LogP contribution < -0.4 is 0 Å². The second-order valence-electron chi connectivity index (χ2n) is 1.29. The van der Waals surface area contributed by atoms with Crippen molar-refractivity contribution in [2.75, 3.05) is 0 Å². The van der Waals surface area contributed by atoms with E-state index in [2.05, 4.69) is 13.2 Å². The van der Waals surface area contributed by atoms with Gasteiger partial charge in [0.2, 0.25) is 0 Å². The molecule has 1 aromatic heterocycles. The van der Waals surface area contributed by atoms with Gasteiger partial charge in [0.05, 0.1) is 6.61 Å². The number of thiophene rings is 1. The van der Waals surface area contributed by atoms with Gasteiger partial charge >= 0.3 is 0 Å². The highest BCUT2D eigenvalue weighted by atomic mass is 32.1. The fourth-order valence-electron chi connectivity index (χ4n) is 0.383. The number of aliphatic hydroxyl groups is 1. The average molecular weight is 142 g/mol. The fraction of sp³-hybridized carbons (Fsp3) is 0.143. The SMILES string of the molecule is C=C.OCc1ccsc1. The summed E-state index contributed by atoms with van der Waals surface area (Å²) in [6.45, 7) is 6.17. The zero-order valence-corrected chi connectivity index (χ0v) is 6.03. The second kappa shape index (κ2) is 5.54. The van der Waals surface area contributed by atoms with E-state index in [9.17, 15) is 0 Å². The minimum atomic E-state index is 0.170. The minimum Gasteiger partial charge on any atom is -0.392 e. The molecule has 1 nitrogen and oxygen atoms in total. The Morgan fingerprint density at radius 2 is 2.22 bits per heavy atom. The molecule has 0 aliphatic carbocycles. The highest BCUT2D eigenvalue weighted by molar-refractivity contribution is 7.07. The molecule has 1 N–H and O–H groups in total. The summed E-state index contributed by atoms with van der Waals surface area (Å²) < 4.78 is 0. The molecule has 0 saturated heterocycles. The van der Waals surface area contributed by atoms with Gasteiger partial charge in [-0.25, -0.2) is 0 Å². The minimum absolute atomic E-state index is 0.170. The van der Waals surface area contributed by atoms with Gasteiger partial charge in [0.15, 0.2) is 0 Å². The van der Waals surface area contributed by atoms with Crippen LogP contribution in [0.5, 0.6) is 0 Å². The maximum atomic E-state index is 8.43. The quantitative estimate of drug-likeness (QED) is 0.595. The van der Waals surface area contributed by atoms with E-state index >= 15 is 0 Å². The van der Waals surface area contributed by atoms with Crippen molar-refractivity contribution in [2.45, 2.75) is 6.61 Å². The van der Waals surface area contributed by atoms with Crippen LogP contribution in [0.1, 0.15) is 5.56 Å². The number of rotatable bonds is 1. The number of aliphatic hydroxyl groups excluding tert-OH is 1. The Morgan fingerprint density at radius 1 is 1.56 bits per heavy atom. The Morgan fingerprint density at radius 3 is 2.44 bits per heavy atom. The molecule has 0 aliphatic heterocycles. The molecule has 0 amide bonds. The molecule has 0 fully saturated rings. The molecule has 0 unspecified atom stereocenters. The molecule has 0 spiro atoms. The van der Waals surface area contributed by atoms with Crippen molar-refractivity contribution >= 4 is 11.3 Å². The summed E-state index contributed by atoms with van der Waals surface area (Å²) in [6, 6.07) is 1.91. The summed E-state index contributed by atoms with van der Waals surface area (Å²) in [5.41, 5.74) is 1.00. The van der Waals surface area contributed by atoms with Gasteiger partial charge in [0, 0.05) is 0 Å². The average Bonchev–Trinajstić information content (AvgIpc) is 2.43. The number of hydrogen-bond acceptors (Lipinski definition) is 2. The molecule has 0 atom stereocenters. The predicted octanol–water partition coefficient (Wildman–Crippen LogP) is 2.04. The van der Waals surface area contributed by atoms with Crippen molar-refractivity contribution in [3.8, 4) is 0 Å². The van der Waals surface area contributed by atoms with Crippen molar-refractivity contribution in [3.05, 3.63) is 35.5 Å². The Bertz CT molecular complexity index is 135. The van der Waals surface area contributed by atoms with Gasteiger partial charge < -0.3 is 5.11 Å². The van der Waals surface area contributed by atoms with E-state index in [1.807, 2.05) is 16.8 Å². The van der Waals surface area contributed by atoms with E-state index in [0.29, 0.717) is 0 Å². The van der Waals surface area contributed by atoms with Gasteiger partial charge in [-0.1, -0.05) is 0 Å². The first-order valence-corrected chi connectivity index (χ1v) is 3.49. The third-order valence-corrected chi connectivity index (χ3v) is 1.49. The maximum absolute atomic E-state index is 8.43. The van der Waals surface area contributed by atoms with Gasteiger partial charge in [0.25, 0.3) is 0 Å². The predicted molar refractivity (Wildman–Crippen MR) is 41.5 cm³/mol. The molecule has 0 aromatic carbocycles. The summed E-state index contributed by atoms with van der Waals surface area (Å²) in [5, 5.41) is 12.3. The fourth-order valence-corrected chi connectivity index (χ4v) is 1.04. The normalized spacial score (nSPS) is 7.67. The zero-order valence-electron chi connectivity index (χ0n) is 5.21. The first-order valence-electron chi connectivity index (χ1n) is 2.55. The number of hydrogen-bond donors (Lipinski definition) is 1. The molecular formula is C7H10OS. The van der Waals surface area contributed by atoms with E-state index in [0.717, 1.165) is 5.56 Å². The van der Waals surface area contributed by atoms with Crippen molar-refractivity contribution < 1.29 is 5.11 Å². The Balaban J connectivity index is 0.000000291. The van der Waals surface area contributed by atoms with Gasteiger partial charge in [-0.05, 0) is 22.4 Å². The van der Waals surface area contributed by atoms with Gasteiger partial charge in [-0.2, -0.15) is 11.3 Å². The Kier molecular flexibility index (Phi) is 5.17. The molecule has 0 saturated carbocycles. The molecule has 50 valence electrons. The van der Waals surface area contributed by atoms with Crippen LogP contribution in [0, 0.1) is 0 Å². The third kappa shape index (κ3) is 3.06. The summed E-state index contributed by atoms with van der Waals surface area (Å²) in [6.07, 6.45) is 0. The Labute approximate surface area is 59.3 Å². The zero-order chi connectivity index (χ0) is 7.11. The van der Waals surface area contributed by atoms with Crippen molar-refractivity contribution in [3.63, 3.8) is 0 Å². The standard InChI is InChI=1S/C5H6OS.C2H4/c6-3-5-1-2-7-4-5;1-2/h1-2,4,6H,3H2;1-2H2. The lowest BCUT2D eigenvalue weighted by Crippen LogP contribution is -1.71. The van der Waals surface area contributed by atoms with E-state index in [4.69, 9.17) is 5.11 Å². The van der Waals surface area contributed by atoms with Crippen molar-refractivity contribution in [2.24, 2.45) is 0 Å². The lowest BCUT2D eigenvalue weighted by Gasteiger charge is -1.78. The van der Waals surface area contributed by atoms with Crippen LogP contribution in [0.4, 0.5) is 0 Å². The molecule has 0 bridgehead atoms. The van der Waals surface area contributed by atoms with Gasteiger partial charge in [-0.15, -0.1) is 13.2 Å².